The molecule has 28 heavy (non-hydrogen) atoms. The van der Waals surface area contributed by atoms with Crippen LogP contribution in [-0.4, -0.2) is 67.4 Å². The Morgan fingerprint density at radius 2 is 1.71 bits per heavy atom. The predicted molar refractivity (Wildman–Crippen MR) is 118 cm³/mol. The van der Waals surface area contributed by atoms with Gasteiger partial charge >= 0.3 is 0 Å². The zero-order valence-corrected chi connectivity index (χ0v) is 18.4. The van der Waals surface area contributed by atoms with E-state index in [1.165, 1.54) is 49.9 Å². The molecule has 2 aliphatic rings. The van der Waals surface area contributed by atoms with E-state index < -0.39 is 0 Å². The lowest BCUT2D eigenvalue weighted by Crippen LogP contribution is -2.48. The van der Waals surface area contributed by atoms with Crippen molar-refractivity contribution in [2.75, 3.05) is 52.2 Å². The number of aliphatic hydroxyl groups excluding tert-OH is 1. The molecule has 2 heterocycles. The van der Waals surface area contributed by atoms with Crippen LogP contribution in [0.2, 0.25) is 0 Å². The van der Waals surface area contributed by atoms with Crippen molar-refractivity contribution in [3.8, 4) is 5.75 Å². The molecule has 0 aliphatic carbocycles. The summed E-state index contributed by atoms with van der Waals surface area (Å²) >= 11 is 0. The van der Waals surface area contributed by atoms with E-state index >= 15 is 0 Å². The molecule has 5 nitrogen and oxygen atoms in total. The minimum Gasteiger partial charge on any atom is -0.495 e. The molecule has 5 heteroatoms. The summed E-state index contributed by atoms with van der Waals surface area (Å²) in [7, 11) is 1.70. The third-order valence-electron chi connectivity index (χ3n) is 6.33. The molecule has 0 radical (unpaired) electrons. The van der Waals surface area contributed by atoms with Gasteiger partial charge in [-0.05, 0) is 87.5 Å². The number of β-amino-alcohol motifs (C(OH)–C–C–N with tert-alkyl or cyclic N) is 1. The third kappa shape index (κ3) is 5.62. The number of aryl methyl sites for hydroxylation is 1. The number of hydrogen-bond donors (Lipinski definition) is 2. The molecule has 3 N–H and O–H groups in total. The van der Waals surface area contributed by atoms with Gasteiger partial charge in [-0.2, -0.15) is 0 Å². The summed E-state index contributed by atoms with van der Waals surface area (Å²) in [6.07, 6.45) is 5.93. The van der Waals surface area contributed by atoms with Crippen LogP contribution >= 0.6 is 0 Å². The van der Waals surface area contributed by atoms with E-state index in [-0.39, 0.29) is 6.61 Å². The average molecular weight is 392 g/mol. The number of nitrogens with zero attached hydrogens (tertiary/aromatic N) is 2. The molecular formula is C23H41N3O2. The van der Waals surface area contributed by atoms with Crippen LogP contribution in [0.5, 0.6) is 5.75 Å². The Balaban J connectivity index is 0.00000136. The molecule has 0 unspecified atom stereocenters. The third-order valence-corrected chi connectivity index (χ3v) is 6.33. The molecule has 0 saturated carbocycles. The smallest absolute Gasteiger partial charge is 0.142 e. The van der Waals surface area contributed by atoms with Crippen molar-refractivity contribution in [2.45, 2.75) is 64.8 Å². The van der Waals surface area contributed by atoms with Crippen LogP contribution in [0.25, 0.3) is 0 Å². The Labute approximate surface area is 171 Å². The highest BCUT2D eigenvalue weighted by molar-refractivity contribution is 5.57. The molecule has 0 amide bonds. The molecule has 160 valence electrons. The van der Waals surface area contributed by atoms with Crippen LogP contribution in [0, 0.1) is 0 Å². The molecule has 0 bridgehead atoms. The van der Waals surface area contributed by atoms with E-state index in [1.807, 2.05) is 13.8 Å². The highest BCUT2D eigenvalue weighted by Gasteiger charge is 2.29. The summed E-state index contributed by atoms with van der Waals surface area (Å²) in [6.45, 7) is 11.9. The number of hydrogen-bond acceptors (Lipinski definition) is 5. The molecule has 0 spiro atoms. The standard InChI is InChI=1S/C21H35N3O2.C2H6/c1-3-16-14-20(22)21(26-2)15-19(16)17-4-10-24(11-5-17)18-6-8-23(9-7-18)12-13-25;1-2/h14-15,17-18,25H,3-13,22H2,1-2H3;1-2H3. The summed E-state index contributed by atoms with van der Waals surface area (Å²) in [5.41, 5.74) is 9.67. The van der Waals surface area contributed by atoms with Crippen LogP contribution in [0.4, 0.5) is 5.69 Å². The van der Waals surface area contributed by atoms with Gasteiger partial charge in [-0.15, -0.1) is 0 Å². The summed E-state index contributed by atoms with van der Waals surface area (Å²) in [4.78, 5) is 5.09. The van der Waals surface area contributed by atoms with Crippen LogP contribution in [-0.2, 0) is 6.42 Å². The number of ether oxygens (including phenoxy) is 1. The fraction of sp³-hybridized carbons (Fsp3) is 0.739. The first kappa shape index (κ1) is 23.0. The van der Waals surface area contributed by atoms with Gasteiger partial charge in [0.25, 0.3) is 0 Å². The molecule has 2 fully saturated rings. The van der Waals surface area contributed by atoms with Gasteiger partial charge < -0.3 is 25.4 Å². The number of rotatable bonds is 6. The fourth-order valence-corrected chi connectivity index (χ4v) is 4.75. The van der Waals surface area contributed by atoms with Crippen molar-refractivity contribution in [3.05, 3.63) is 23.3 Å². The van der Waals surface area contributed by atoms with E-state index in [0.29, 0.717) is 5.92 Å². The van der Waals surface area contributed by atoms with Gasteiger partial charge in [-0.25, -0.2) is 0 Å². The van der Waals surface area contributed by atoms with Crippen LogP contribution < -0.4 is 10.5 Å². The second kappa shape index (κ2) is 11.6. The van der Waals surface area contributed by atoms with Gasteiger partial charge in [-0.1, -0.05) is 20.8 Å². The second-order valence-electron chi connectivity index (χ2n) is 7.75. The largest absolute Gasteiger partial charge is 0.495 e. The number of piperidine rings is 2. The van der Waals surface area contributed by atoms with E-state index in [9.17, 15) is 0 Å². The molecule has 0 aromatic heterocycles. The lowest BCUT2D eigenvalue weighted by molar-refractivity contribution is 0.0793. The molecule has 0 atom stereocenters. The van der Waals surface area contributed by atoms with Crippen LogP contribution in [0.15, 0.2) is 12.1 Å². The number of methoxy groups -OCH3 is 1. The van der Waals surface area contributed by atoms with Gasteiger partial charge in [0.2, 0.25) is 0 Å². The number of aliphatic hydroxyl groups is 1. The van der Waals surface area contributed by atoms with Gasteiger partial charge in [0.05, 0.1) is 19.4 Å². The van der Waals surface area contributed by atoms with E-state index in [4.69, 9.17) is 15.6 Å². The van der Waals surface area contributed by atoms with Gasteiger partial charge in [-0.3, -0.25) is 0 Å². The van der Waals surface area contributed by atoms with Gasteiger partial charge in [0, 0.05) is 12.6 Å². The molecule has 3 rings (SSSR count). The van der Waals surface area contributed by atoms with Crippen molar-refractivity contribution in [1.82, 2.24) is 9.80 Å². The maximum atomic E-state index is 9.10. The minimum absolute atomic E-state index is 0.279. The summed E-state index contributed by atoms with van der Waals surface area (Å²) < 4.78 is 5.46. The number of nitrogen functional groups attached to an aromatic ring is 1. The Kier molecular flexibility index (Phi) is 9.56. The summed E-state index contributed by atoms with van der Waals surface area (Å²) in [5.74, 6) is 1.43. The topological polar surface area (TPSA) is 62.0 Å². The van der Waals surface area contributed by atoms with Crippen LogP contribution in [0.3, 0.4) is 0 Å². The maximum absolute atomic E-state index is 9.10. The van der Waals surface area contributed by atoms with Crippen LogP contribution in [0.1, 0.15) is 63.5 Å². The normalized spacial score (nSPS) is 19.9. The summed E-state index contributed by atoms with van der Waals surface area (Å²) in [6, 6.07) is 5.01. The highest BCUT2D eigenvalue weighted by atomic mass is 16.5. The Morgan fingerprint density at radius 1 is 1.07 bits per heavy atom. The van der Waals surface area contributed by atoms with Crippen molar-refractivity contribution in [1.29, 1.82) is 0 Å². The van der Waals surface area contributed by atoms with E-state index in [0.717, 1.165) is 43.5 Å². The first-order chi connectivity index (χ1) is 13.7. The first-order valence-electron chi connectivity index (χ1n) is 11.2. The number of benzene rings is 1. The molecular weight excluding hydrogens is 350 g/mol. The molecule has 2 saturated heterocycles. The fourth-order valence-electron chi connectivity index (χ4n) is 4.75. The van der Waals surface area contributed by atoms with Crippen molar-refractivity contribution in [2.24, 2.45) is 0 Å². The minimum atomic E-state index is 0.279. The first-order valence-corrected chi connectivity index (χ1v) is 11.2. The molecule has 2 aliphatic heterocycles. The quantitative estimate of drug-likeness (QED) is 0.727. The zero-order valence-electron chi connectivity index (χ0n) is 18.4. The van der Waals surface area contributed by atoms with Gasteiger partial charge in [0.1, 0.15) is 5.75 Å². The Bertz CT molecular complexity index is 577. The van der Waals surface area contributed by atoms with Gasteiger partial charge in [0.15, 0.2) is 0 Å². The van der Waals surface area contributed by atoms with Crippen molar-refractivity contribution < 1.29 is 9.84 Å². The van der Waals surface area contributed by atoms with E-state index in [2.05, 4.69) is 28.9 Å². The molecule has 1 aromatic rings. The second-order valence-corrected chi connectivity index (χ2v) is 7.75. The highest BCUT2D eigenvalue weighted by Crippen LogP contribution is 2.36. The zero-order chi connectivity index (χ0) is 20.5. The number of likely N-dealkylation sites (tertiary alicyclic amines) is 2. The number of anilines is 1. The Morgan fingerprint density at radius 3 is 2.25 bits per heavy atom. The van der Waals surface area contributed by atoms with Crippen molar-refractivity contribution >= 4 is 5.69 Å². The maximum Gasteiger partial charge on any atom is 0.142 e. The Hall–Kier alpha value is -1.30. The van der Waals surface area contributed by atoms with E-state index in [1.54, 1.807) is 7.11 Å². The lowest BCUT2D eigenvalue weighted by Gasteiger charge is -2.42. The SMILES string of the molecule is CC.CCc1cc(N)c(OC)cc1C1CCN(C2CCN(CCO)CC2)CC1. The predicted octanol–water partition coefficient (Wildman–Crippen LogP) is 3.50. The lowest BCUT2D eigenvalue weighted by atomic mass is 9.84. The summed E-state index contributed by atoms with van der Waals surface area (Å²) in [5, 5.41) is 9.10. The molecule has 1 aromatic carbocycles. The number of nitrogens with two attached hydrogens (primary N) is 1. The average Bonchev–Trinajstić information content (AvgIpc) is 2.76. The monoisotopic (exact) mass is 391 g/mol. The van der Waals surface area contributed by atoms with Crippen molar-refractivity contribution in [3.63, 3.8) is 0 Å².